The van der Waals surface area contributed by atoms with Crippen molar-refractivity contribution in [2.45, 2.75) is 12.5 Å². The van der Waals surface area contributed by atoms with Gasteiger partial charge in [0, 0.05) is 41.5 Å². The number of carbonyl (C=O) groups is 1. The number of aliphatic imine (C=N–C) groups is 1. The van der Waals surface area contributed by atoms with Crippen molar-refractivity contribution in [3.63, 3.8) is 0 Å². The van der Waals surface area contributed by atoms with Gasteiger partial charge in [-0.05, 0) is 60.2 Å². The third-order valence-electron chi connectivity index (χ3n) is 5.82. The number of aromatic nitrogens is 1. The Morgan fingerprint density at radius 1 is 1.23 bits per heavy atom. The van der Waals surface area contributed by atoms with Crippen molar-refractivity contribution in [2.75, 3.05) is 40.0 Å². The molecular weight excluding hydrogens is 468 g/mol. The van der Waals surface area contributed by atoms with Gasteiger partial charge >= 0.3 is 6.09 Å². The summed E-state index contributed by atoms with van der Waals surface area (Å²) in [5.41, 5.74) is 9.35. The van der Waals surface area contributed by atoms with Gasteiger partial charge in [0.15, 0.2) is 0 Å². The Hall–Kier alpha value is -3.49. The molecule has 8 nitrogen and oxygen atoms in total. The lowest BCUT2D eigenvalue weighted by Gasteiger charge is -2.35. The molecule has 2 aromatic carbocycles. The van der Waals surface area contributed by atoms with Crippen LogP contribution < -0.4 is 10.5 Å². The molecule has 1 amide bonds. The number of halogens is 1. The molecule has 1 atom stereocenters. The number of nitrogens with one attached hydrogen (secondary N) is 1. The number of benzene rings is 2. The van der Waals surface area contributed by atoms with E-state index in [1.807, 2.05) is 42.5 Å². The quantitative estimate of drug-likeness (QED) is 0.336. The van der Waals surface area contributed by atoms with E-state index in [9.17, 15) is 4.79 Å². The molecule has 0 aliphatic carbocycles. The molecule has 184 valence electrons. The normalized spacial score (nSPS) is 15.7. The molecule has 0 bridgehead atoms. The second kappa shape index (κ2) is 11.8. The van der Waals surface area contributed by atoms with Crippen molar-refractivity contribution in [3.8, 4) is 5.75 Å². The number of methoxy groups -OCH3 is 1. The lowest BCUT2D eigenvalue weighted by Crippen LogP contribution is -2.41. The van der Waals surface area contributed by atoms with Crippen LogP contribution in [0, 0.1) is 0 Å². The molecule has 0 saturated carbocycles. The number of rotatable bonds is 9. The lowest BCUT2D eigenvalue weighted by molar-refractivity contribution is 0.0629. The number of H-pyrrole nitrogens is 1. The van der Waals surface area contributed by atoms with E-state index in [0.29, 0.717) is 37.7 Å². The van der Waals surface area contributed by atoms with Crippen LogP contribution in [-0.4, -0.2) is 62.2 Å². The number of amides is 1. The van der Waals surface area contributed by atoms with Crippen LogP contribution >= 0.6 is 11.6 Å². The number of ether oxygens (including phenoxy) is 3. The SMILES string of the molecule is COCCOC(=O)N1CCc2c([nH]c3ccc(Cl)cc23)C1c1ccc(OCCN=C/C=C\N)cc1. The molecule has 1 unspecified atom stereocenters. The van der Waals surface area contributed by atoms with E-state index in [1.165, 1.54) is 6.20 Å². The Kier molecular flexibility index (Phi) is 8.28. The molecule has 35 heavy (non-hydrogen) atoms. The van der Waals surface area contributed by atoms with Crippen LogP contribution in [0.3, 0.4) is 0 Å². The first-order chi connectivity index (χ1) is 17.1. The molecule has 1 aliphatic rings. The molecule has 3 aromatic rings. The van der Waals surface area contributed by atoms with Gasteiger partial charge in [-0.2, -0.15) is 0 Å². The summed E-state index contributed by atoms with van der Waals surface area (Å²) in [6, 6.07) is 13.2. The molecule has 1 aromatic heterocycles. The van der Waals surface area contributed by atoms with Crippen LogP contribution in [0.2, 0.25) is 5.02 Å². The van der Waals surface area contributed by atoms with Crippen molar-refractivity contribution in [1.82, 2.24) is 9.88 Å². The van der Waals surface area contributed by atoms with Crippen LogP contribution in [0.4, 0.5) is 4.79 Å². The van der Waals surface area contributed by atoms with Gasteiger partial charge in [-0.3, -0.25) is 9.89 Å². The minimum absolute atomic E-state index is 0.198. The first-order valence-electron chi connectivity index (χ1n) is 11.4. The zero-order valence-corrected chi connectivity index (χ0v) is 20.3. The Balaban J connectivity index is 1.59. The molecule has 2 heterocycles. The summed E-state index contributed by atoms with van der Waals surface area (Å²) >= 11 is 6.27. The predicted molar refractivity (Wildman–Crippen MR) is 137 cm³/mol. The molecule has 0 fully saturated rings. The minimum atomic E-state index is -0.376. The predicted octanol–water partition coefficient (Wildman–Crippen LogP) is 4.47. The highest BCUT2D eigenvalue weighted by Crippen LogP contribution is 2.39. The first kappa shape index (κ1) is 24.6. The average molecular weight is 497 g/mol. The van der Waals surface area contributed by atoms with E-state index >= 15 is 0 Å². The number of hydrogen-bond donors (Lipinski definition) is 2. The van der Waals surface area contributed by atoms with Gasteiger partial charge in [-0.25, -0.2) is 4.79 Å². The number of nitrogens with zero attached hydrogens (tertiary/aromatic N) is 2. The molecule has 0 saturated heterocycles. The molecule has 4 rings (SSSR count). The fourth-order valence-corrected chi connectivity index (χ4v) is 4.42. The summed E-state index contributed by atoms with van der Waals surface area (Å²) in [6.45, 7) is 2.04. The second-order valence-electron chi connectivity index (χ2n) is 8.02. The van der Waals surface area contributed by atoms with E-state index in [1.54, 1.807) is 24.3 Å². The maximum absolute atomic E-state index is 13.0. The fraction of sp³-hybridized carbons (Fsp3) is 0.308. The van der Waals surface area contributed by atoms with E-state index in [-0.39, 0.29) is 18.7 Å². The third-order valence-corrected chi connectivity index (χ3v) is 6.06. The van der Waals surface area contributed by atoms with E-state index in [2.05, 4.69) is 9.98 Å². The largest absolute Gasteiger partial charge is 0.492 e. The van der Waals surface area contributed by atoms with Gasteiger partial charge in [-0.15, -0.1) is 0 Å². The Morgan fingerprint density at radius 2 is 2.06 bits per heavy atom. The maximum atomic E-state index is 13.0. The van der Waals surface area contributed by atoms with Crippen LogP contribution in [0.25, 0.3) is 10.9 Å². The Morgan fingerprint density at radius 3 is 2.83 bits per heavy atom. The van der Waals surface area contributed by atoms with Gasteiger partial charge < -0.3 is 24.9 Å². The van der Waals surface area contributed by atoms with E-state index < -0.39 is 0 Å². The standard InChI is InChI=1S/C26H29ClN4O4/c1-33-15-16-35-26(32)31-13-9-21-22-17-19(27)5-8-23(22)30-24(21)25(31)18-3-6-20(7-4-18)34-14-12-29-11-2-10-28/h2-8,10-11,17,25,30H,9,12-16,28H2,1H3/b10-2-,29-11?. The maximum Gasteiger partial charge on any atom is 0.410 e. The van der Waals surface area contributed by atoms with Crippen LogP contribution in [0.15, 0.2) is 59.7 Å². The first-order valence-corrected chi connectivity index (χ1v) is 11.8. The van der Waals surface area contributed by atoms with E-state index in [4.69, 9.17) is 31.5 Å². The highest BCUT2D eigenvalue weighted by atomic mass is 35.5. The molecular formula is C26H29ClN4O4. The number of hydrogen-bond acceptors (Lipinski definition) is 6. The lowest BCUT2D eigenvalue weighted by atomic mass is 9.92. The van der Waals surface area contributed by atoms with Gasteiger partial charge in [0.1, 0.15) is 25.0 Å². The zero-order chi connectivity index (χ0) is 24.6. The van der Waals surface area contributed by atoms with Gasteiger partial charge in [0.05, 0.1) is 13.2 Å². The molecule has 0 radical (unpaired) electrons. The zero-order valence-electron chi connectivity index (χ0n) is 19.6. The summed E-state index contributed by atoms with van der Waals surface area (Å²) in [5, 5.41) is 1.76. The van der Waals surface area contributed by atoms with Crippen LogP contribution in [-0.2, 0) is 15.9 Å². The Labute approximate surface area is 209 Å². The highest BCUT2D eigenvalue weighted by Gasteiger charge is 2.35. The summed E-state index contributed by atoms with van der Waals surface area (Å²) in [4.78, 5) is 22.5. The number of allylic oxidation sites excluding steroid dienone is 1. The number of aromatic amines is 1. The summed E-state index contributed by atoms with van der Waals surface area (Å²) in [5.74, 6) is 0.729. The second-order valence-corrected chi connectivity index (χ2v) is 8.45. The van der Waals surface area contributed by atoms with E-state index in [0.717, 1.165) is 33.5 Å². The fourth-order valence-electron chi connectivity index (χ4n) is 4.25. The smallest absolute Gasteiger partial charge is 0.410 e. The van der Waals surface area contributed by atoms with Crippen molar-refractivity contribution < 1.29 is 19.0 Å². The van der Waals surface area contributed by atoms with Gasteiger partial charge in [-0.1, -0.05) is 23.7 Å². The van der Waals surface area contributed by atoms with Crippen molar-refractivity contribution in [1.29, 1.82) is 0 Å². The number of fused-ring (bicyclic) bond motifs is 3. The van der Waals surface area contributed by atoms with Crippen molar-refractivity contribution >= 4 is 34.8 Å². The molecule has 9 heteroatoms. The monoisotopic (exact) mass is 496 g/mol. The topological polar surface area (TPSA) is 102 Å². The molecule has 1 aliphatic heterocycles. The van der Waals surface area contributed by atoms with Crippen LogP contribution in [0.1, 0.15) is 22.9 Å². The average Bonchev–Trinajstić information content (AvgIpc) is 3.24. The third kappa shape index (κ3) is 5.78. The van der Waals surface area contributed by atoms with Crippen molar-refractivity contribution in [3.05, 3.63) is 76.6 Å². The van der Waals surface area contributed by atoms with Crippen LogP contribution in [0.5, 0.6) is 5.75 Å². The molecule has 0 spiro atoms. The summed E-state index contributed by atoms with van der Waals surface area (Å²) < 4.78 is 16.3. The minimum Gasteiger partial charge on any atom is -0.492 e. The summed E-state index contributed by atoms with van der Waals surface area (Å²) in [7, 11) is 1.58. The highest BCUT2D eigenvalue weighted by molar-refractivity contribution is 6.31. The summed E-state index contributed by atoms with van der Waals surface area (Å²) in [6.07, 6.45) is 5.06. The van der Waals surface area contributed by atoms with Gasteiger partial charge in [0.25, 0.3) is 0 Å². The van der Waals surface area contributed by atoms with Gasteiger partial charge in [0.2, 0.25) is 0 Å². The number of carbonyl (C=O) groups excluding carboxylic acids is 1. The Bertz CT molecular complexity index is 1210. The number of nitrogens with two attached hydrogens (primary N) is 1. The molecule has 3 N–H and O–H groups in total. The van der Waals surface area contributed by atoms with Crippen molar-refractivity contribution in [2.24, 2.45) is 10.7 Å².